The van der Waals surface area contributed by atoms with Crippen molar-refractivity contribution in [2.45, 2.75) is 0 Å². The highest BCUT2D eigenvalue weighted by atomic mass is 16.5. The highest BCUT2D eigenvalue weighted by molar-refractivity contribution is 5.85. The molecule has 0 amide bonds. The molecule has 2 aromatic heterocycles. The average Bonchev–Trinajstić information content (AvgIpc) is 2.59. The van der Waals surface area contributed by atoms with E-state index in [0.717, 1.165) is 5.52 Å². The maximum Gasteiger partial charge on any atom is 0.372 e. The van der Waals surface area contributed by atoms with Gasteiger partial charge in [0.25, 0.3) is 0 Å². The molecule has 0 aliphatic heterocycles. The summed E-state index contributed by atoms with van der Waals surface area (Å²) < 4.78 is 6.46. The van der Waals surface area contributed by atoms with Gasteiger partial charge in [-0.05, 0) is 12.1 Å². The zero-order valence-electron chi connectivity index (χ0n) is 7.47. The van der Waals surface area contributed by atoms with Crippen molar-refractivity contribution in [2.24, 2.45) is 0 Å². The Balaban J connectivity index is 2.69. The molecule has 0 unspecified atom stereocenters. The minimum Gasteiger partial charge on any atom is -0.495 e. The Labute approximate surface area is 79.6 Å². The van der Waals surface area contributed by atoms with E-state index < -0.39 is 5.97 Å². The lowest BCUT2D eigenvalue weighted by molar-refractivity contribution is 0.0683. The van der Waals surface area contributed by atoms with Gasteiger partial charge < -0.3 is 9.84 Å². The van der Waals surface area contributed by atoms with Crippen LogP contribution in [-0.2, 0) is 0 Å². The molecule has 2 aromatic rings. The molecule has 0 spiro atoms. The summed E-state index contributed by atoms with van der Waals surface area (Å²) in [6.07, 6.45) is 3.09. The summed E-state index contributed by atoms with van der Waals surface area (Å²) in [5.41, 5.74) is 0.725. The number of hydrogen-bond donors (Lipinski definition) is 1. The number of rotatable bonds is 2. The molecular formula is C9H8N2O3. The van der Waals surface area contributed by atoms with Crippen LogP contribution < -0.4 is 4.74 Å². The number of fused-ring (bicyclic) bond motifs is 1. The molecular weight excluding hydrogens is 184 g/mol. The van der Waals surface area contributed by atoms with Gasteiger partial charge in [-0.2, -0.15) is 0 Å². The van der Waals surface area contributed by atoms with Crippen molar-refractivity contribution in [3.8, 4) is 5.75 Å². The van der Waals surface area contributed by atoms with Crippen LogP contribution in [0.15, 0.2) is 24.5 Å². The van der Waals surface area contributed by atoms with Gasteiger partial charge in [-0.3, -0.25) is 4.40 Å². The predicted molar refractivity (Wildman–Crippen MR) is 48.7 cm³/mol. The predicted octanol–water partition coefficient (Wildman–Crippen LogP) is 1.04. The number of methoxy groups -OCH3 is 1. The first-order valence-corrected chi connectivity index (χ1v) is 3.97. The van der Waals surface area contributed by atoms with Gasteiger partial charge in [0.05, 0.1) is 25.0 Å². The highest BCUT2D eigenvalue weighted by Gasteiger charge is 2.10. The van der Waals surface area contributed by atoms with Crippen molar-refractivity contribution in [3.63, 3.8) is 0 Å². The molecule has 0 atom stereocenters. The lowest BCUT2D eigenvalue weighted by atomic mass is 10.4. The number of carbonyl (C=O) groups is 1. The second kappa shape index (κ2) is 3.02. The monoisotopic (exact) mass is 192 g/mol. The normalized spacial score (nSPS) is 10.4. The van der Waals surface area contributed by atoms with Gasteiger partial charge in [0.15, 0.2) is 0 Å². The van der Waals surface area contributed by atoms with E-state index in [9.17, 15) is 4.79 Å². The number of carboxylic acids is 1. The molecule has 1 N–H and O–H groups in total. The summed E-state index contributed by atoms with van der Waals surface area (Å²) in [4.78, 5) is 14.5. The summed E-state index contributed by atoms with van der Waals surface area (Å²) in [6, 6.07) is 3.50. The molecule has 72 valence electrons. The molecule has 0 fully saturated rings. The fourth-order valence-corrected chi connectivity index (χ4v) is 1.25. The summed E-state index contributed by atoms with van der Waals surface area (Å²) in [7, 11) is 1.53. The summed E-state index contributed by atoms with van der Waals surface area (Å²) in [5.74, 6) is -0.477. The van der Waals surface area contributed by atoms with Crippen LogP contribution in [0.2, 0.25) is 0 Å². The number of pyridine rings is 1. The van der Waals surface area contributed by atoms with Crippen LogP contribution in [0.25, 0.3) is 5.52 Å². The van der Waals surface area contributed by atoms with Crippen molar-refractivity contribution >= 4 is 11.5 Å². The number of nitrogens with zero attached hydrogens (tertiary/aromatic N) is 2. The maximum atomic E-state index is 10.8. The third-order valence-electron chi connectivity index (χ3n) is 1.93. The van der Waals surface area contributed by atoms with Crippen LogP contribution in [0.3, 0.4) is 0 Å². The molecule has 14 heavy (non-hydrogen) atoms. The lowest BCUT2D eigenvalue weighted by Crippen LogP contribution is -2.03. The quantitative estimate of drug-likeness (QED) is 0.772. The number of imidazole rings is 1. The van der Waals surface area contributed by atoms with Crippen molar-refractivity contribution in [1.82, 2.24) is 9.38 Å². The second-order valence-electron chi connectivity index (χ2n) is 2.75. The van der Waals surface area contributed by atoms with Gasteiger partial charge in [0.1, 0.15) is 5.75 Å². The molecule has 2 rings (SSSR count). The Morgan fingerprint density at radius 3 is 3.00 bits per heavy atom. The molecule has 0 saturated heterocycles. The van der Waals surface area contributed by atoms with Crippen LogP contribution in [0, 0.1) is 0 Å². The first-order valence-electron chi connectivity index (χ1n) is 3.97. The molecule has 5 nitrogen and oxygen atoms in total. The van der Waals surface area contributed by atoms with Gasteiger partial charge in [-0.25, -0.2) is 9.78 Å². The van der Waals surface area contributed by atoms with Gasteiger partial charge in [0, 0.05) is 0 Å². The third kappa shape index (κ3) is 1.19. The minimum absolute atomic E-state index is 0.0149. The molecule has 0 aromatic carbocycles. The van der Waals surface area contributed by atoms with Gasteiger partial charge in [0.2, 0.25) is 5.82 Å². The standard InChI is InChI=1S/C9H8N2O3/c1-14-7-3-2-6-4-10-8(9(12)13)11(6)5-7/h2-5H,1H3,(H,12,13). The van der Waals surface area contributed by atoms with Crippen molar-refractivity contribution < 1.29 is 14.6 Å². The zero-order chi connectivity index (χ0) is 10.1. The Kier molecular flexibility index (Phi) is 1.85. The average molecular weight is 192 g/mol. The van der Waals surface area contributed by atoms with Crippen LogP contribution in [0.1, 0.15) is 10.6 Å². The van der Waals surface area contributed by atoms with Crippen LogP contribution in [-0.4, -0.2) is 27.6 Å². The van der Waals surface area contributed by atoms with Gasteiger partial charge in [-0.15, -0.1) is 0 Å². The summed E-state index contributed by atoms with van der Waals surface area (Å²) >= 11 is 0. The van der Waals surface area contributed by atoms with Crippen LogP contribution in [0.4, 0.5) is 0 Å². The Bertz CT molecular complexity index is 490. The van der Waals surface area contributed by atoms with E-state index in [4.69, 9.17) is 9.84 Å². The molecule has 0 radical (unpaired) electrons. The number of carboxylic acid groups (broad SMARTS) is 1. The van der Waals surface area contributed by atoms with Crippen LogP contribution in [0.5, 0.6) is 5.75 Å². The van der Waals surface area contributed by atoms with E-state index in [1.54, 1.807) is 18.3 Å². The summed E-state index contributed by atoms with van der Waals surface area (Å²) in [6.45, 7) is 0. The van der Waals surface area contributed by atoms with Gasteiger partial charge >= 0.3 is 5.97 Å². The minimum atomic E-state index is -1.06. The van der Waals surface area contributed by atoms with E-state index in [0.29, 0.717) is 5.75 Å². The lowest BCUT2D eigenvalue weighted by Gasteiger charge is -2.01. The van der Waals surface area contributed by atoms with E-state index in [-0.39, 0.29) is 5.82 Å². The molecule has 0 saturated carbocycles. The largest absolute Gasteiger partial charge is 0.495 e. The fourth-order valence-electron chi connectivity index (χ4n) is 1.25. The topological polar surface area (TPSA) is 63.8 Å². The van der Waals surface area contributed by atoms with E-state index in [2.05, 4.69) is 4.98 Å². The van der Waals surface area contributed by atoms with Crippen molar-refractivity contribution in [1.29, 1.82) is 0 Å². The number of hydrogen-bond acceptors (Lipinski definition) is 3. The third-order valence-corrected chi connectivity index (χ3v) is 1.93. The molecule has 0 aliphatic rings. The number of aromatic carboxylic acids is 1. The summed E-state index contributed by atoms with van der Waals surface area (Å²) in [5, 5.41) is 8.81. The Hall–Kier alpha value is -2.04. The SMILES string of the molecule is COc1ccc2cnc(C(=O)O)n2c1. The van der Waals surface area contributed by atoms with Gasteiger partial charge in [-0.1, -0.05) is 0 Å². The van der Waals surface area contributed by atoms with E-state index >= 15 is 0 Å². The van der Waals surface area contributed by atoms with E-state index in [1.807, 2.05) is 0 Å². The second-order valence-corrected chi connectivity index (χ2v) is 2.75. The zero-order valence-corrected chi connectivity index (χ0v) is 7.47. The van der Waals surface area contributed by atoms with Crippen molar-refractivity contribution in [3.05, 3.63) is 30.4 Å². The Morgan fingerprint density at radius 1 is 1.57 bits per heavy atom. The Morgan fingerprint density at radius 2 is 2.36 bits per heavy atom. The van der Waals surface area contributed by atoms with E-state index in [1.165, 1.54) is 17.7 Å². The fraction of sp³-hybridized carbons (Fsp3) is 0.111. The highest BCUT2D eigenvalue weighted by Crippen LogP contribution is 2.14. The first kappa shape index (κ1) is 8.55. The maximum absolute atomic E-state index is 10.8. The molecule has 0 aliphatic carbocycles. The molecule has 0 bridgehead atoms. The number of aromatic nitrogens is 2. The van der Waals surface area contributed by atoms with Crippen molar-refractivity contribution in [2.75, 3.05) is 7.11 Å². The smallest absolute Gasteiger partial charge is 0.372 e. The van der Waals surface area contributed by atoms with Crippen LogP contribution >= 0.6 is 0 Å². The first-order chi connectivity index (χ1) is 6.72. The molecule has 5 heteroatoms. The number of ether oxygens (including phenoxy) is 1. The molecule has 2 heterocycles.